The van der Waals surface area contributed by atoms with E-state index in [2.05, 4.69) is 10.4 Å². The maximum absolute atomic E-state index is 12.6. The molecular formula is C22H23N3O5S. The predicted molar refractivity (Wildman–Crippen MR) is 114 cm³/mol. The first-order chi connectivity index (χ1) is 15.0. The van der Waals surface area contributed by atoms with Gasteiger partial charge in [-0.05, 0) is 29.3 Å². The Balaban J connectivity index is 1.33. The van der Waals surface area contributed by atoms with Gasteiger partial charge >= 0.3 is 0 Å². The van der Waals surface area contributed by atoms with Crippen LogP contribution in [0.1, 0.15) is 17.5 Å². The molecule has 31 heavy (non-hydrogen) atoms. The number of aromatic nitrogens is 2. The van der Waals surface area contributed by atoms with Crippen LogP contribution in [0.2, 0.25) is 0 Å². The number of sulfone groups is 1. The number of carbonyl (C=O) groups is 1. The molecule has 2 heterocycles. The molecule has 0 radical (unpaired) electrons. The fraction of sp³-hybridized carbons (Fsp3) is 0.273. The summed E-state index contributed by atoms with van der Waals surface area (Å²) in [5, 5.41) is 7.02. The first-order valence-corrected chi connectivity index (χ1v) is 11.6. The van der Waals surface area contributed by atoms with Crippen molar-refractivity contribution in [3.63, 3.8) is 0 Å². The standard InChI is InChI=1S/C22H23N3O5S/c26-22(23-15-17-4-1-2-5-18(17)16-25-10-3-9-24-25)8-13-31(27,28)19-6-7-20-21(14-19)30-12-11-29-20/h1-7,9-10,14H,8,11-13,15-16H2,(H,23,26). The molecule has 1 aromatic heterocycles. The van der Waals surface area contributed by atoms with Gasteiger partial charge in [-0.25, -0.2) is 8.42 Å². The fourth-order valence-corrected chi connectivity index (χ4v) is 4.55. The van der Waals surface area contributed by atoms with Gasteiger partial charge in [-0.15, -0.1) is 0 Å². The Hall–Kier alpha value is -3.33. The zero-order valence-electron chi connectivity index (χ0n) is 16.9. The van der Waals surface area contributed by atoms with Crippen molar-refractivity contribution in [1.82, 2.24) is 15.1 Å². The lowest BCUT2D eigenvalue weighted by molar-refractivity contribution is -0.120. The van der Waals surface area contributed by atoms with Gasteiger partial charge in [0.15, 0.2) is 21.3 Å². The molecule has 0 spiro atoms. The summed E-state index contributed by atoms with van der Waals surface area (Å²) in [6, 6.07) is 14.1. The lowest BCUT2D eigenvalue weighted by Crippen LogP contribution is -2.26. The molecule has 0 aliphatic carbocycles. The van der Waals surface area contributed by atoms with E-state index in [9.17, 15) is 13.2 Å². The van der Waals surface area contributed by atoms with Gasteiger partial charge in [0.25, 0.3) is 0 Å². The third kappa shape index (κ3) is 5.24. The number of hydrogen-bond donors (Lipinski definition) is 1. The number of benzene rings is 2. The maximum Gasteiger partial charge on any atom is 0.221 e. The van der Waals surface area contributed by atoms with E-state index in [0.29, 0.717) is 37.8 Å². The Labute approximate surface area is 180 Å². The minimum atomic E-state index is -3.62. The van der Waals surface area contributed by atoms with Crippen molar-refractivity contribution in [1.29, 1.82) is 0 Å². The minimum Gasteiger partial charge on any atom is -0.486 e. The molecule has 1 amide bonds. The van der Waals surface area contributed by atoms with Crippen LogP contribution >= 0.6 is 0 Å². The van der Waals surface area contributed by atoms with Gasteiger partial charge in [0, 0.05) is 31.4 Å². The van der Waals surface area contributed by atoms with E-state index in [0.717, 1.165) is 11.1 Å². The molecule has 1 N–H and O–H groups in total. The van der Waals surface area contributed by atoms with Crippen LogP contribution in [0, 0.1) is 0 Å². The summed E-state index contributed by atoms with van der Waals surface area (Å²) in [5.74, 6) is 0.324. The molecule has 0 unspecified atom stereocenters. The Kier molecular flexibility index (Phi) is 6.22. The largest absolute Gasteiger partial charge is 0.486 e. The van der Waals surface area contributed by atoms with Crippen molar-refractivity contribution in [2.75, 3.05) is 19.0 Å². The van der Waals surface area contributed by atoms with Crippen molar-refractivity contribution < 1.29 is 22.7 Å². The van der Waals surface area contributed by atoms with E-state index in [1.54, 1.807) is 16.9 Å². The maximum atomic E-state index is 12.6. The van der Waals surface area contributed by atoms with Crippen LogP contribution in [-0.2, 0) is 27.7 Å². The zero-order valence-corrected chi connectivity index (χ0v) is 17.7. The third-order valence-corrected chi connectivity index (χ3v) is 6.67. The summed E-state index contributed by atoms with van der Waals surface area (Å²) in [6.45, 7) is 1.73. The molecule has 2 aromatic carbocycles. The number of nitrogens with zero attached hydrogens (tertiary/aromatic N) is 2. The van der Waals surface area contributed by atoms with E-state index < -0.39 is 9.84 Å². The van der Waals surface area contributed by atoms with Crippen molar-refractivity contribution in [2.45, 2.75) is 24.4 Å². The number of amides is 1. The van der Waals surface area contributed by atoms with Crippen LogP contribution in [-0.4, -0.2) is 43.1 Å². The fourth-order valence-electron chi connectivity index (χ4n) is 3.30. The highest BCUT2D eigenvalue weighted by atomic mass is 32.2. The molecule has 0 atom stereocenters. The second-order valence-corrected chi connectivity index (χ2v) is 9.23. The zero-order chi connectivity index (χ0) is 21.7. The van der Waals surface area contributed by atoms with Crippen LogP contribution in [0.5, 0.6) is 11.5 Å². The Morgan fingerprint density at radius 1 is 1.03 bits per heavy atom. The van der Waals surface area contributed by atoms with Crippen molar-refractivity contribution in [2.24, 2.45) is 0 Å². The topological polar surface area (TPSA) is 99.5 Å². The molecule has 162 valence electrons. The third-order valence-electron chi connectivity index (χ3n) is 4.96. The Morgan fingerprint density at radius 3 is 2.58 bits per heavy atom. The first-order valence-electron chi connectivity index (χ1n) is 9.94. The van der Waals surface area contributed by atoms with Crippen LogP contribution in [0.3, 0.4) is 0 Å². The van der Waals surface area contributed by atoms with Gasteiger partial charge < -0.3 is 14.8 Å². The highest BCUT2D eigenvalue weighted by Crippen LogP contribution is 2.32. The Morgan fingerprint density at radius 2 is 1.81 bits per heavy atom. The van der Waals surface area contributed by atoms with E-state index in [1.165, 1.54) is 12.1 Å². The number of fused-ring (bicyclic) bond motifs is 1. The van der Waals surface area contributed by atoms with Crippen molar-refractivity contribution in [3.8, 4) is 11.5 Å². The molecule has 1 aliphatic rings. The molecule has 0 bridgehead atoms. The minimum absolute atomic E-state index is 0.120. The highest BCUT2D eigenvalue weighted by molar-refractivity contribution is 7.91. The average molecular weight is 442 g/mol. The second kappa shape index (κ2) is 9.22. The number of carbonyl (C=O) groups excluding carboxylic acids is 1. The molecule has 0 saturated heterocycles. The summed E-state index contributed by atoms with van der Waals surface area (Å²) < 4.78 is 38.0. The van der Waals surface area contributed by atoms with E-state index in [-0.39, 0.29) is 23.0 Å². The van der Waals surface area contributed by atoms with Crippen molar-refractivity contribution in [3.05, 3.63) is 72.1 Å². The summed E-state index contributed by atoms with van der Waals surface area (Å²) in [4.78, 5) is 12.4. The van der Waals surface area contributed by atoms with Gasteiger partial charge in [0.05, 0.1) is 17.2 Å². The smallest absolute Gasteiger partial charge is 0.221 e. The summed E-state index contributed by atoms with van der Waals surface area (Å²) in [5.41, 5.74) is 2.00. The SMILES string of the molecule is O=C(CCS(=O)(=O)c1ccc2c(c1)OCCO2)NCc1ccccc1Cn1cccn1. The quantitative estimate of drug-likeness (QED) is 0.575. The van der Waals surface area contributed by atoms with E-state index in [4.69, 9.17) is 9.47 Å². The van der Waals surface area contributed by atoms with E-state index >= 15 is 0 Å². The van der Waals surface area contributed by atoms with E-state index in [1.807, 2.05) is 36.5 Å². The van der Waals surface area contributed by atoms with Gasteiger partial charge in [-0.3, -0.25) is 9.48 Å². The molecule has 9 heteroatoms. The number of hydrogen-bond acceptors (Lipinski definition) is 6. The number of ether oxygens (including phenoxy) is 2. The van der Waals surface area contributed by atoms with Crippen LogP contribution in [0.4, 0.5) is 0 Å². The number of rotatable bonds is 8. The number of nitrogens with one attached hydrogen (secondary N) is 1. The summed E-state index contributed by atoms with van der Waals surface area (Å²) >= 11 is 0. The van der Waals surface area contributed by atoms with Crippen molar-refractivity contribution >= 4 is 15.7 Å². The normalized spacial score (nSPS) is 13.0. The van der Waals surface area contributed by atoms with Crippen LogP contribution in [0.25, 0.3) is 0 Å². The molecule has 3 aromatic rings. The first kappa shape index (κ1) is 20.9. The Bertz CT molecular complexity index is 1160. The second-order valence-electron chi connectivity index (χ2n) is 7.12. The van der Waals surface area contributed by atoms with Gasteiger partial charge in [-0.1, -0.05) is 24.3 Å². The highest BCUT2D eigenvalue weighted by Gasteiger charge is 2.20. The molecule has 0 saturated carbocycles. The molecule has 0 fully saturated rings. The molecule has 8 nitrogen and oxygen atoms in total. The van der Waals surface area contributed by atoms with Gasteiger partial charge in [0.2, 0.25) is 5.91 Å². The predicted octanol–water partition coefficient (Wildman–Crippen LogP) is 2.18. The van der Waals surface area contributed by atoms with Crippen LogP contribution in [0.15, 0.2) is 65.8 Å². The molecule has 4 rings (SSSR count). The van der Waals surface area contributed by atoms with Crippen LogP contribution < -0.4 is 14.8 Å². The lowest BCUT2D eigenvalue weighted by Gasteiger charge is -2.18. The van der Waals surface area contributed by atoms with Gasteiger partial charge in [-0.2, -0.15) is 5.10 Å². The van der Waals surface area contributed by atoms with Gasteiger partial charge in [0.1, 0.15) is 13.2 Å². The summed E-state index contributed by atoms with van der Waals surface area (Å²) in [6.07, 6.45) is 3.46. The molecular weight excluding hydrogens is 418 g/mol. The summed E-state index contributed by atoms with van der Waals surface area (Å²) in [7, 11) is -3.62. The monoisotopic (exact) mass is 441 g/mol. The lowest BCUT2D eigenvalue weighted by atomic mass is 10.1. The average Bonchev–Trinajstić information content (AvgIpc) is 3.30. The molecule has 1 aliphatic heterocycles.